The van der Waals surface area contributed by atoms with Crippen molar-refractivity contribution in [1.29, 1.82) is 0 Å². The van der Waals surface area contributed by atoms with E-state index in [9.17, 15) is 114 Å². The molecule has 21 fully saturated rings. The summed E-state index contributed by atoms with van der Waals surface area (Å²) in [5.41, 5.74) is 1.29. The van der Waals surface area contributed by atoms with Gasteiger partial charge >= 0.3 is 0 Å². The first-order valence-corrected chi connectivity index (χ1v) is 33.4. The van der Waals surface area contributed by atoms with E-state index in [-0.39, 0.29) is 0 Å². The number of hydrogen-bond donors (Lipinski definition) is 19. The van der Waals surface area contributed by atoms with Crippen molar-refractivity contribution in [1.82, 2.24) is 0 Å². The fourth-order valence-corrected chi connectivity index (χ4v) is 14.1. The summed E-state index contributed by atoms with van der Waals surface area (Å²) in [5, 5.41) is 216. The minimum atomic E-state index is -4.75. The Morgan fingerprint density at radius 3 is 0.608 bits per heavy atom. The molecule has 19 N–H and O–H groups in total. The predicted molar refractivity (Wildman–Crippen MR) is 303 cm³/mol. The molecule has 21 aliphatic rings. The van der Waals surface area contributed by atoms with Gasteiger partial charge in [0.25, 0.3) is 20.2 Å². The minimum Gasteiger partial charge on any atom is -0.394 e. The molecule has 35 atom stereocenters. The number of benzene rings is 2. The highest BCUT2D eigenvalue weighted by atomic mass is 32.2. The van der Waals surface area contributed by atoms with Crippen molar-refractivity contribution in [2.75, 3.05) is 46.2 Å². The van der Waals surface area contributed by atoms with Gasteiger partial charge in [-0.2, -0.15) is 16.8 Å². The lowest BCUT2D eigenvalue weighted by atomic mass is 9.95. The van der Waals surface area contributed by atoms with Crippen LogP contribution in [0.5, 0.6) is 0 Å². The molecule has 0 aromatic heterocycles. The van der Waals surface area contributed by atoms with Gasteiger partial charge in [-0.1, -0.05) is 35.4 Å². The number of aliphatic hydroxyl groups is 19. The molecule has 0 saturated carbocycles. The van der Waals surface area contributed by atoms with Crippen molar-refractivity contribution in [3.63, 3.8) is 0 Å². The maximum atomic E-state index is 13.6. The van der Waals surface area contributed by atoms with Gasteiger partial charge in [-0.15, -0.1) is 0 Å². The summed E-state index contributed by atoms with van der Waals surface area (Å²) in [6, 6.07) is 10.5. The topological polar surface area (TPSA) is 600 Å². The summed E-state index contributed by atoms with van der Waals surface area (Å²) in [6.45, 7) is -4.70. The second kappa shape index (κ2) is 31.9. The fraction of sp³-hybridized carbons (Fsp3) is 0.786. The van der Waals surface area contributed by atoms with Crippen LogP contribution >= 0.6 is 0 Å². The predicted octanol–water partition coefficient (Wildman–Crippen LogP) is -11.8. The first-order valence-electron chi connectivity index (χ1n) is 30.6. The zero-order chi connectivity index (χ0) is 70.4. The van der Waals surface area contributed by atoms with Gasteiger partial charge in [-0.25, -0.2) is 0 Å². The molecular weight excluding hydrogens is 1360 g/mol. The van der Waals surface area contributed by atoms with Crippen molar-refractivity contribution >= 4 is 20.2 Å². The quantitative estimate of drug-likeness (QED) is 0.0828. The maximum absolute atomic E-state index is 13.6. The van der Waals surface area contributed by atoms with E-state index in [1.54, 1.807) is 13.8 Å². The highest BCUT2D eigenvalue weighted by Crippen LogP contribution is 2.40. The Bertz CT molecular complexity index is 2980. The van der Waals surface area contributed by atoms with Crippen LogP contribution in [0.25, 0.3) is 0 Å². The molecule has 39 nitrogen and oxygen atoms in total. The van der Waals surface area contributed by atoms with Gasteiger partial charge in [0, 0.05) is 0 Å². The number of aryl methyl sites for hydroxylation is 2. The minimum absolute atomic E-state index is 0.390. The monoisotopic (exact) mass is 1440 g/mol. The van der Waals surface area contributed by atoms with Crippen LogP contribution < -0.4 is 0 Å². The van der Waals surface area contributed by atoms with Gasteiger partial charge < -0.3 is 163 Å². The van der Waals surface area contributed by atoms with E-state index < -0.39 is 291 Å². The summed E-state index contributed by atoms with van der Waals surface area (Å²) in [6.07, 6.45) is -75.7. The molecule has 21 saturated heterocycles. The Hall–Kier alpha value is -3.06. The number of hydrogen-bond acceptors (Lipinski definition) is 39. The molecule has 552 valence electrons. The zero-order valence-electron chi connectivity index (χ0n) is 51.3. The van der Waals surface area contributed by atoms with Crippen LogP contribution in [-0.4, -0.2) is 375 Å². The van der Waals surface area contributed by atoms with Crippen molar-refractivity contribution in [2.24, 2.45) is 0 Å². The third-order valence-corrected chi connectivity index (χ3v) is 20.4. The molecule has 97 heavy (non-hydrogen) atoms. The van der Waals surface area contributed by atoms with E-state index in [1.807, 2.05) is 0 Å². The Morgan fingerprint density at radius 1 is 0.268 bits per heavy atom. The molecule has 21 aliphatic heterocycles. The first kappa shape index (κ1) is 76.6. The number of ether oxygens (including phenoxy) is 14. The Morgan fingerprint density at radius 2 is 0.433 bits per heavy atom. The van der Waals surface area contributed by atoms with Crippen LogP contribution in [0, 0.1) is 13.8 Å². The van der Waals surface area contributed by atoms with Crippen LogP contribution in [0.4, 0.5) is 0 Å². The number of aliphatic hydroxyl groups excluding tert-OH is 19. The molecule has 0 spiro atoms. The Labute approximate surface area is 551 Å². The van der Waals surface area contributed by atoms with Gasteiger partial charge in [0.05, 0.1) is 56.0 Å². The van der Waals surface area contributed by atoms with Crippen molar-refractivity contribution in [3.8, 4) is 0 Å². The van der Waals surface area contributed by atoms with Crippen LogP contribution in [0.2, 0.25) is 0 Å². The van der Waals surface area contributed by atoms with Gasteiger partial charge in [-0.3, -0.25) is 8.37 Å². The second-order valence-corrected chi connectivity index (χ2v) is 27.6. The lowest BCUT2D eigenvalue weighted by molar-refractivity contribution is -0.396. The van der Waals surface area contributed by atoms with Gasteiger partial charge in [0.15, 0.2) is 44.0 Å². The van der Waals surface area contributed by atoms with E-state index in [1.165, 1.54) is 48.5 Å². The van der Waals surface area contributed by atoms with E-state index in [0.29, 0.717) is 11.1 Å². The molecule has 41 heteroatoms. The zero-order valence-corrected chi connectivity index (χ0v) is 52.9. The summed E-state index contributed by atoms with van der Waals surface area (Å²) in [7, 11) is -9.49. The summed E-state index contributed by atoms with van der Waals surface area (Å²) in [4.78, 5) is -0.781. The van der Waals surface area contributed by atoms with Gasteiger partial charge in [0.2, 0.25) is 0 Å². The standard InChI is InChI=1S/C56H82O39S2/c1-18-3-7-20(8-4-18)96(76,77)80-16-27-48-35(68)42(75)56(88-27)93-47-26(15-61)84-52(38(71)31(47)64)91-45-24(13-59)86-54(40(73)33(45)66)95-49-28(17-81-97(78,79)21-9-5-19(2)6-10-21)87-55(41(74)34(49)67)92-46-25(14-60)83-51(37(70)30(46)63)89-43-22(11-57)82-50(36(69)29(43)62)90-44-23(12-58)85-53(94-48)39(72)32(44)65/h3-10,22-75H,11-17H2,1-2H3/t22-,23-,24-,25-,26-,27-,28-,29-,30-,31-,32-,33-,34-,35-,36-,37-,38-,39-,40-,41-,42-,43-,44-,45-,46-,47-,48-,49-,50-,51-,52-,53-,54-,55-,56-/m1/s1. The van der Waals surface area contributed by atoms with E-state index in [2.05, 4.69) is 0 Å². The number of rotatable bonds is 13. The van der Waals surface area contributed by atoms with E-state index >= 15 is 0 Å². The molecule has 2 aromatic carbocycles. The summed E-state index contributed by atoms with van der Waals surface area (Å²) >= 11 is 0. The maximum Gasteiger partial charge on any atom is 0.297 e. The highest BCUT2D eigenvalue weighted by molar-refractivity contribution is 7.87. The molecule has 0 radical (unpaired) electrons. The van der Waals surface area contributed by atoms with Crippen LogP contribution in [0.15, 0.2) is 58.3 Å². The Balaban J connectivity index is 0.972. The third kappa shape index (κ3) is 16.0. The lowest BCUT2D eigenvalue weighted by Gasteiger charge is -2.50. The van der Waals surface area contributed by atoms with Crippen LogP contribution in [0.1, 0.15) is 11.1 Å². The molecule has 0 aliphatic carbocycles. The molecule has 21 heterocycles. The largest absolute Gasteiger partial charge is 0.394 e. The average molecular weight is 1440 g/mol. The molecule has 2 aromatic rings. The molecular formula is C56H82O39S2. The third-order valence-electron chi connectivity index (χ3n) is 17.8. The fourth-order valence-electron chi connectivity index (χ4n) is 12.2. The van der Waals surface area contributed by atoms with Crippen molar-refractivity contribution < 1.29 is 189 Å². The molecule has 14 bridgehead atoms. The molecule has 23 rings (SSSR count). The smallest absolute Gasteiger partial charge is 0.297 e. The molecule has 0 unspecified atom stereocenters. The summed E-state index contributed by atoms with van der Waals surface area (Å²) < 4.78 is 146. The SMILES string of the molecule is Cc1ccc(S(=O)(=O)OC[C@H]2O[C@@H]3O[C@H]4[C@H](O)[C@@H](O)[C@@H](O[C@H]5[C@H](O)[C@@H](O)[C@@H](O[C@H]6[C@H](O)[C@@H](O)[C@@H](O[C@H]7[C@H](O)[C@@H](O)[C@@H](O[C@H]8[C@H](O)[C@@H](O)[C@@H](O[C@H]9[C@H](O)[C@@H](O)[C@@H](O[C@H]2[C@H](O)[C@H]3O)O[C@@H]9CO)O[C@@H]8CO)O[C@@H]7CO)O[C@@H]6COS(=O)(=O)c2ccc(C)cc2)O[C@@H]5CO)O[C@@H]4CO)cc1. The van der Waals surface area contributed by atoms with Crippen molar-refractivity contribution in [2.45, 2.75) is 239 Å². The average Bonchev–Trinajstić information content (AvgIpc) is 0.784. The van der Waals surface area contributed by atoms with Gasteiger partial charge in [0.1, 0.15) is 171 Å². The summed E-state index contributed by atoms with van der Waals surface area (Å²) in [5.74, 6) is 0. The van der Waals surface area contributed by atoms with E-state index in [0.717, 1.165) is 0 Å². The highest BCUT2D eigenvalue weighted by Gasteiger charge is 2.60. The normalized spacial score (nSPS) is 46.7. The van der Waals surface area contributed by atoms with Crippen LogP contribution in [-0.2, 0) is 94.9 Å². The first-order chi connectivity index (χ1) is 45.9. The second-order valence-electron chi connectivity index (χ2n) is 24.4. The van der Waals surface area contributed by atoms with E-state index in [4.69, 9.17) is 74.7 Å². The Kier molecular flexibility index (Phi) is 25.2. The van der Waals surface area contributed by atoms with Gasteiger partial charge in [-0.05, 0) is 38.1 Å². The lowest BCUT2D eigenvalue weighted by Crippen LogP contribution is -2.68. The molecule has 0 amide bonds. The van der Waals surface area contributed by atoms with Crippen molar-refractivity contribution in [3.05, 3.63) is 59.7 Å². The van der Waals surface area contributed by atoms with Crippen LogP contribution in [0.3, 0.4) is 0 Å².